The summed E-state index contributed by atoms with van der Waals surface area (Å²) in [6.45, 7) is 6.03. The molecule has 0 N–H and O–H groups in total. The van der Waals surface area contributed by atoms with Gasteiger partial charge >= 0.3 is 0 Å². The summed E-state index contributed by atoms with van der Waals surface area (Å²) in [5.74, 6) is 1.25. The van der Waals surface area contributed by atoms with Crippen molar-refractivity contribution in [2.45, 2.75) is 57.7 Å². The molecule has 2 aliphatic rings. The van der Waals surface area contributed by atoms with Crippen molar-refractivity contribution >= 4 is 0 Å². The van der Waals surface area contributed by atoms with Crippen LogP contribution >= 0.6 is 0 Å². The molecule has 1 aromatic rings. The summed E-state index contributed by atoms with van der Waals surface area (Å²) in [5, 5.41) is 3.97. The zero-order valence-corrected chi connectivity index (χ0v) is 13.5. The van der Waals surface area contributed by atoms with Gasteiger partial charge in [0.25, 0.3) is 0 Å². The van der Waals surface area contributed by atoms with Crippen LogP contribution in [0.4, 0.5) is 0 Å². The van der Waals surface area contributed by atoms with Crippen molar-refractivity contribution in [2.75, 3.05) is 32.8 Å². The number of hydrogen-bond donors (Lipinski definition) is 0. The van der Waals surface area contributed by atoms with E-state index in [0.717, 1.165) is 26.2 Å². The first-order valence-electron chi connectivity index (χ1n) is 8.57. The van der Waals surface area contributed by atoms with Crippen LogP contribution in [-0.2, 0) is 9.47 Å². The Hall–Kier alpha value is -0.980. The Labute approximate surface area is 132 Å². The molecule has 1 aliphatic carbocycles. The number of morpholine rings is 1. The third-order valence-electron chi connectivity index (χ3n) is 4.55. The van der Waals surface area contributed by atoms with E-state index in [2.05, 4.69) is 15.0 Å². The lowest BCUT2D eigenvalue weighted by molar-refractivity contribution is -0.0487. The molecule has 0 aromatic carbocycles. The molecule has 0 unspecified atom stereocenters. The third-order valence-corrected chi connectivity index (χ3v) is 4.55. The molecule has 124 valence electrons. The molecule has 1 aromatic heterocycles. The summed E-state index contributed by atoms with van der Waals surface area (Å²) < 4.78 is 16.9. The van der Waals surface area contributed by atoms with Crippen LogP contribution in [0.5, 0.6) is 0 Å². The molecule has 2 fully saturated rings. The van der Waals surface area contributed by atoms with E-state index < -0.39 is 0 Å². The average Bonchev–Trinajstić information content (AvgIpc) is 2.81. The van der Waals surface area contributed by atoms with E-state index in [1.165, 1.54) is 38.5 Å². The van der Waals surface area contributed by atoms with Crippen LogP contribution in [0.15, 0.2) is 4.52 Å². The van der Waals surface area contributed by atoms with E-state index >= 15 is 0 Å². The summed E-state index contributed by atoms with van der Waals surface area (Å²) in [6, 6.07) is 0. The number of rotatable bonds is 5. The van der Waals surface area contributed by atoms with Crippen molar-refractivity contribution in [1.82, 2.24) is 15.0 Å². The number of aryl methyl sites for hydroxylation is 1. The first kappa shape index (κ1) is 15.9. The van der Waals surface area contributed by atoms with Crippen molar-refractivity contribution < 1.29 is 14.0 Å². The molecule has 22 heavy (non-hydrogen) atoms. The molecule has 1 atom stereocenters. The van der Waals surface area contributed by atoms with Gasteiger partial charge < -0.3 is 14.0 Å². The maximum atomic E-state index is 6.08. The molecule has 0 amide bonds. The smallest absolute Gasteiger partial charge is 0.223 e. The van der Waals surface area contributed by atoms with Gasteiger partial charge in [0, 0.05) is 26.6 Å². The number of nitrogens with zero attached hydrogens (tertiary/aromatic N) is 3. The number of hydrogen-bond acceptors (Lipinski definition) is 6. The average molecular weight is 309 g/mol. The lowest BCUT2D eigenvalue weighted by Gasteiger charge is -2.31. The van der Waals surface area contributed by atoms with E-state index in [-0.39, 0.29) is 6.10 Å². The highest BCUT2D eigenvalue weighted by molar-refractivity contribution is 4.92. The molecule has 6 heteroatoms. The molecular formula is C16H27N3O3. The highest BCUT2D eigenvalue weighted by Gasteiger charge is 2.25. The fourth-order valence-corrected chi connectivity index (χ4v) is 3.26. The van der Waals surface area contributed by atoms with Crippen LogP contribution in [0.3, 0.4) is 0 Å². The SMILES string of the molecule is Cc1nc([C@H]2CN(CCOC3CCCCCC3)CCO2)no1. The van der Waals surface area contributed by atoms with Crippen molar-refractivity contribution in [2.24, 2.45) is 0 Å². The molecule has 1 saturated heterocycles. The fourth-order valence-electron chi connectivity index (χ4n) is 3.26. The van der Waals surface area contributed by atoms with Gasteiger partial charge in [0.1, 0.15) is 6.10 Å². The Balaban J connectivity index is 1.40. The van der Waals surface area contributed by atoms with Gasteiger partial charge in [-0.15, -0.1) is 0 Å². The van der Waals surface area contributed by atoms with Crippen LogP contribution < -0.4 is 0 Å². The minimum atomic E-state index is -0.0796. The molecule has 0 radical (unpaired) electrons. The normalized spacial score (nSPS) is 25.2. The molecule has 2 heterocycles. The standard InChI is InChI=1S/C16H27N3O3/c1-13-17-16(18-22-13)15-12-19(9-11-21-15)8-10-20-14-6-4-2-3-5-7-14/h14-15H,2-12H2,1H3/t15-/m1/s1. The summed E-state index contributed by atoms with van der Waals surface area (Å²) in [5.41, 5.74) is 0. The molecular weight excluding hydrogens is 282 g/mol. The van der Waals surface area contributed by atoms with Gasteiger partial charge in [0.2, 0.25) is 11.7 Å². The van der Waals surface area contributed by atoms with Crippen LogP contribution in [0.25, 0.3) is 0 Å². The Kier molecular flexibility index (Phi) is 5.81. The van der Waals surface area contributed by atoms with Crippen molar-refractivity contribution in [1.29, 1.82) is 0 Å². The van der Waals surface area contributed by atoms with E-state index in [4.69, 9.17) is 14.0 Å². The summed E-state index contributed by atoms with van der Waals surface area (Å²) in [7, 11) is 0. The molecule has 6 nitrogen and oxygen atoms in total. The van der Waals surface area contributed by atoms with Gasteiger partial charge in [-0.2, -0.15) is 4.98 Å². The fraction of sp³-hybridized carbons (Fsp3) is 0.875. The van der Waals surface area contributed by atoms with E-state index in [0.29, 0.717) is 24.4 Å². The van der Waals surface area contributed by atoms with Crippen molar-refractivity contribution in [3.63, 3.8) is 0 Å². The molecule has 3 rings (SSSR count). The zero-order chi connectivity index (χ0) is 15.2. The molecule has 0 spiro atoms. The highest BCUT2D eigenvalue weighted by Crippen LogP contribution is 2.21. The highest BCUT2D eigenvalue weighted by atomic mass is 16.5. The van der Waals surface area contributed by atoms with Crippen LogP contribution in [0.1, 0.15) is 56.3 Å². The van der Waals surface area contributed by atoms with Crippen LogP contribution in [0, 0.1) is 6.92 Å². The Morgan fingerprint density at radius 3 is 2.77 bits per heavy atom. The molecule has 1 aliphatic heterocycles. The first-order valence-corrected chi connectivity index (χ1v) is 8.57. The van der Waals surface area contributed by atoms with Gasteiger partial charge in [0.05, 0.1) is 19.3 Å². The van der Waals surface area contributed by atoms with Gasteiger partial charge in [-0.1, -0.05) is 30.8 Å². The van der Waals surface area contributed by atoms with E-state index in [1.54, 1.807) is 6.92 Å². The maximum Gasteiger partial charge on any atom is 0.223 e. The predicted octanol–water partition coefficient (Wildman–Crippen LogP) is 2.49. The van der Waals surface area contributed by atoms with Gasteiger partial charge in [-0.05, 0) is 12.8 Å². The number of ether oxygens (including phenoxy) is 2. The largest absolute Gasteiger partial charge is 0.377 e. The zero-order valence-electron chi connectivity index (χ0n) is 13.5. The minimum Gasteiger partial charge on any atom is -0.377 e. The lowest BCUT2D eigenvalue weighted by atomic mass is 10.1. The minimum absolute atomic E-state index is 0.0796. The monoisotopic (exact) mass is 309 g/mol. The maximum absolute atomic E-state index is 6.08. The Morgan fingerprint density at radius 2 is 2.05 bits per heavy atom. The third kappa shape index (κ3) is 4.51. The van der Waals surface area contributed by atoms with E-state index in [1.807, 2.05) is 0 Å². The topological polar surface area (TPSA) is 60.6 Å². The summed E-state index contributed by atoms with van der Waals surface area (Å²) >= 11 is 0. The first-order chi connectivity index (χ1) is 10.8. The van der Waals surface area contributed by atoms with Gasteiger partial charge in [0.15, 0.2) is 0 Å². The molecule has 0 bridgehead atoms. The predicted molar refractivity (Wildman–Crippen MR) is 81.6 cm³/mol. The molecule has 1 saturated carbocycles. The van der Waals surface area contributed by atoms with Crippen LogP contribution in [0.2, 0.25) is 0 Å². The van der Waals surface area contributed by atoms with Crippen molar-refractivity contribution in [3.05, 3.63) is 11.7 Å². The van der Waals surface area contributed by atoms with Gasteiger partial charge in [-0.25, -0.2) is 0 Å². The second kappa shape index (κ2) is 8.04. The van der Waals surface area contributed by atoms with E-state index in [9.17, 15) is 0 Å². The quantitative estimate of drug-likeness (QED) is 0.779. The number of aromatic nitrogens is 2. The summed E-state index contributed by atoms with van der Waals surface area (Å²) in [4.78, 5) is 6.64. The lowest BCUT2D eigenvalue weighted by Crippen LogP contribution is -2.40. The second-order valence-electron chi connectivity index (χ2n) is 6.32. The van der Waals surface area contributed by atoms with Crippen molar-refractivity contribution in [3.8, 4) is 0 Å². The Bertz CT molecular complexity index is 444. The summed E-state index contributed by atoms with van der Waals surface area (Å²) in [6.07, 6.45) is 8.23. The van der Waals surface area contributed by atoms with Gasteiger partial charge in [-0.3, -0.25) is 4.90 Å². The Morgan fingerprint density at radius 1 is 1.23 bits per heavy atom. The second-order valence-corrected chi connectivity index (χ2v) is 6.32. The van der Waals surface area contributed by atoms with Crippen LogP contribution in [-0.4, -0.2) is 54.0 Å².